The van der Waals surface area contributed by atoms with Crippen LogP contribution in [0.2, 0.25) is 0 Å². The molecule has 0 radical (unpaired) electrons. The molecule has 0 saturated heterocycles. The number of carbonyl (C=O) groups is 1. The molecule has 0 spiro atoms. The minimum absolute atomic E-state index is 0.0831. The molecule has 0 aliphatic heterocycles. The van der Waals surface area contributed by atoms with Gasteiger partial charge in [-0.25, -0.2) is 0 Å². The Morgan fingerprint density at radius 3 is 2.15 bits per heavy atom. The Labute approximate surface area is 155 Å². The minimum Gasteiger partial charge on any atom is -0.372 e. The summed E-state index contributed by atoms with van der Waals surface area (Å²) in [5.41, 5.74) is 4.87. The first kappa shape index (κ1) is 19.3. The lowest BCUT2D eigenvalue weighted by Crippen LogP contribution is -2.21. The Morgan fingerprint density at radius 1 is 1.08 bits per heavy atom. The quantitative estimate of drug-likeness (QED) is 0.609. The van der Waals surface area contributed by atoms with Gasteiger partial charge in [-0.15, -0.1) is 0 Å². The minimum atomic E-state index is -0.398. The van der Waals surface area contributed by atoms with Crippen LogP contribution >= 0.6 is 0 Å². The zero-order valence-corrected chi connectivity index (χ0v) is 15.8. The Kier molecular flexibility index (Phi) is 6.57. The van der Waals surface area contributed by atoms with E-state index in [4.69, 9.17) is 0 Å². The molecule has 26 heavy (non-hydrogen) atoms. The van der Waals surface area contributed by atoms with E-state index in [1.165, 1.54) is 0 Å². The van der Waals surface area contributed by atoms with Crippen LogP contribution in [0.4, 0.5) is 11.4 Å². The Bertz CT molecular complexity index is 820. The van der Waals surface area contributed by atoms with E-state index in [1.54, 1.807) is 6.08 Å². The van der Waals surface area contributed by atoms with E-state index in [0.717, 1.165) is 35.5 Å². The molecular formula is C22H25N3O. The molecule has 2 aromatic rings. The van der Waals surface area contributed by atoms with Crippen LogP contribution in [0.5, 0.6) is 0 Å². The molecule has 2 rings (SSSR count). The zero-order valence-electron chi connectivity index (χ0n) is 15.8. The van der Waals surface area contributed by atoms with Crippen LogP contribution in [0.1, 0.15) is 30.5 Å². The predicted octanol–water partition coefficient (Wildman–Crippen LogP) is 4.70. The van der Waals surface area contributed by atoms with Crippen LogP contribution in [0.25, 0.3) is 6.08 Å². The average molecular weight is 347 g/mol. The summed E-state index contributed by atoms with van der Waals surface area (Å²) < 4.78 is 0. The lowest BCUT2D eigenvalue weighted by Gasteiger charge is -2.20. The predicted molar refractivity (Wildman–Crippen MR) is 108 cm³/mol. The molecule has 0 aliphatic rings. The topological polar surface area (TPSA) is 56.1 Å². The van der Waals surface area contributed by atoms with Crippen molar-refractivity contribution in [3.63, 3.8) is 0 Å². The molecule has 4 heteroatoms. The van der Waals surface area contributed by atoms with E-state index in [2.05, 4.69) is 24.1 Å². The van der Waals surface area contributed by atoms with E-state index < -0.39 is 5.91 Å². The summed E-state index contributed by atoms with van der Waals surface area (Å²) in [4.78, 5) is 14.7. The highest BCUT2D eigenvalue weighted by atomic mass is 16.1. The Balaban J connectivity index is 2.18. The molecule has 1 amide bonds. The fourth-order valence-corrected chi connectivity index (χ4v) is 2.93. The maximum Gasteiger partial charge on any atom is 0.266 e. The van der Waals surface area contributed by atoms with Gasteiger partial charge < -0.3 is 10.2 Å². The van der Waals surface area contributed by atoms with Gasteiger partial charge in [-0.3, -0.25) is 4.79 Å². The monoisotopic (exact) mass is 347 g/mol. The standard InChI is InChI=1S/C22H25N3O/c1-5-25(6-2)21-9-7-18(8-10-21)14-19(15-23)22(26)24-20-12-16(3)11-17(4)13-20/h7-14H,5-6H2,1-4H3,(H,24,26). The number of nitrogens with zero attached hydrogens (tertiary/aromatic N) is 2. The molecule has 0 heterocycles. The number of nitriles is 1. The van der Waals surface area contributed by atoms with Crippen molar-refractivity contribution >= 4 is 23.4 Å². The van der Waals surface area contributed by atoms with Gasteiger partial charge in [0.05, 0.1) is 0 Å². The van der Waals surface area contributed by atoms with Crippen LogP contribution in [-0.4, -0.2) is 19.0 Å². The van der Waals surface area contributed by atoms with Crippen LogP contribution in [0, 0.1) is 25.2 Å². The van der Waals surface area contributed by atoms with Crippen molar-refractivity contribution < 1.29 is 4.79 Å². The number of anilines is 2. The Hall–Kier alpha value is -3.06. The summed E-state index contributed by atoms with van der Waals surface area (Å²) in [6, 6.07) is 15.7. The molecule has 0 saturated carbocycles. The lowest BCUT2D eigenvalue weighted by atomic mass is 10.1. The van der Waals surface area contributed by atoms with Gasteiger partial charge in [0.1, 0.15) is 11.6 Å². The molecular weight excluding hydrogens is 322 g/mol. The van der Waals surface area contributed by atoms with Gasteiger partial charge in [-0.2, -0.15) is 5.26 Å². The summed E-state index contributed by atoms with van der Waals surface area (Å²) in [7, 11) is 0. The number of rotatable bonds is 6. The fraction of sp³-hybridized carbons (Fsp3) is 0.273. The second-order valence-corrected chi connectivity index (χ2v) is 6.26. The highest BCUT2D eigenvalue weighted by Crippen LogP contribution is 2.18. The van der Waals surface area contributed by atoms with Gasteiger partial charge in [-0.05, 0) is 74.7 Å². The molecule has 0 atom stereocenters. The van der Waals surface area contributed by atoms with Gasteiger partial charge in [0.15, 0.2) is 0 Å². The maximum atomic E-state index is 12.4. The summed E-state index contributed by atoms with van der Waals surface area (Å²) in [5, 5.41) is 12.2. The molecule has 2 aromatic carbocycles. The number of amides is 1. The van der Waals surface area contributed by atoms with Gasteiger partial charge in [0, 0.05) is 24.5 Å². The number of carbonyl (C=O) groups excluding carboxylic acids is 1. The number of aryl methyl sites for hydroxylation is 2. The fourth-order valence-electron chi connectivity index (χ4n) is 2.93. The van der Waals surface area contributed by atoms with Crippen LogP contribution in [-0.2, 0) is 4.79 Å². The smallest absolute Gasteiger partial charge is 0.266 e. The number of benzene rings is 2. The highest BCUT2D eigenvalue weighted by Gasteiger charge is 2.10. The van der Waals surface area contributed by atoms with E-state index in [0.29, 0.717) is 5.69 Å². The molecule has 1 N–H and O–H groups in total. The molecule has 4 nitrogen and oxygen atoms in total. The first-order valence-corrected chi connectivity index (χ1v) is 8.83. The first-order valence-electron chi connectivity index (χ1n) is 8.83. The van der Waals surface area contributed by atoms with Crippen LogP contribution < -0.4 is 10.2 Å². The normalized spacial score (nSPS) is 11.0. The summed E-state index contributed by atoms with van der Waals surface area (Å²) in [6.45, 7) is 10.0. The SMILES string of the molecule is CCN(CC)c1ccc(C=C(C#N)C(=O)Nc2cc(C)cc(C)c2)cc1. The van der Waals surface area contributed by atoms with Crippen molar-refractivity contribution in [3.8, 4) is 6.07 Å². The largest absolute Gasteiger partial charge is 0.372 e. The molecule has 0 bridgehead atoms. The van der Waals surface area contributed by atoms with Gasteiger partial charge in [-0.1, -0.05) is 18.2 Å². The number of hydrogen-bond acceptors (Lipinski definition) is 3. The second-order valence-electron chi connectivity index (χ2n) is 6.26. The van der Waals surface area contributed by atoms with Crippen molar-refractivity contribution in [3.05, 3.63) is 64.7 Å². The molecule has 134 valence electrons. The van der Waals surface area contributed by atoms with E-state index in [1.807, 2.05) is 62.4 Å². The zero-order chi connectivity index (χ0) is 19.1. The molecule has 0 aromatic heterocycles. The van der Waals surface area contributed by atoms with E-state index >= 15 is 0 Å². The maximum absolute atomic E-state index is 12.4. The van der Waals surface area contributed by atoms with E-state index in [-0.39, 0.29) is 5.57 Å². The van der Waals surface area contributed by atoms with Crippen LogP contribution in [0.15, 0.2) is 48.0 Å². The van der Waals surface area contributed by atoms with Gasteiger partial charge in [0.25, 0.3) is 5.91 Å². The van der Waals surface area contributed by atoms with Crippen molar-refractivity contribution in [2.24, 2.45) is 0 Å². The Morgan fingerprint density at radius 2 is 1.65 bits per heavy atom. The molecule has 0 unspecified atom stereocenters. The summed E-state index contributed by atoms with van der Waals surface area (Å²) >= 11 is 0. The highest BCUT2D eigenvalue weighted by molar-refractivity contribution is 6.09. The van der Waals surface area contributed by atoms with Gasteiger partial charge in [0.2, 0.25) is 0 Å². The molecule has 0 aliphatic carbocycles. The summed E-state index contributed by atoms with van der Waals surface area (Å²) in [6.07, 6.45) is 1.62. The van der Waals surface area contributed by atoms with E-state index in [9.17, 15) is 10.1 Å². The third kappa shape index (κ3) is 4.97. The summed E-state index contributed by atoms with van der Waals surface area (Å²) in [5.74, 6) is -0.398. The van der Waals surface area contributed by atoms with Gasteiger partial charge >= 0.3 is 0 Å². The first-order chi connectivity index (χ1) is 12.5. The van der Waals surface area contributed by atoms with Crippen molar-refractivity contribution in [1.82, 2.24) is 0 Å². The average Bonchev–Trinajstić information content (AvgIpc) is 2.61. The molecule has 0 fully saturated rings. The number of hydrogen-bond donors (Lipinski definition) is 1. The van der Waals surface area contributed by atoms with Crippen molar-refractivity contribution in [2.45, 2.75) is 27.7 Å². The second kappa shape index (κ2) is 8.87. The third-order valence-corrected chi connectivity index (χ3v) is 4.18. The lowest BCUT2D eigenvalue weighted by molar-refractivity contribution is -0.112. The van der Waals surface area contributed by atoms with Crippen molar-refractivity contribution in [1.29, 1.82) is 5.26 Å². The third-order valence-electron chi connectivity index (χ3n) is 4.18. The van der Waals surface area contributed by atoms with Crippen molar-refractivity contribution in [2.75, 3.05) is 23.3 Å². The van der Waals surface area contributed by atoms with Crippen LogP contribution in [0.3, 0.4) is 0 Å². The number of nitrogens with one attached hydrogen (secondary N) is 1.